The van der Waals surface area contributed by atoms with Gasteiger partial charge in [0.2, 0.25) is 0 Å². The Kier molecular flexibility index (Phi) is 3.88. The number of carbonyl (C=O) groups excluding carboxylic acids is 1. The molecule has 5 nitrogen and oxygen atoms in total. The second-order valence-corrected chi connectivity index (χ2v) is 6.63. The molecule has 0 aliphatic heterocycles. The molecular formula is C17H14FNO4S. The minimum atomic E-state index is -1.14. The van der Waals surface area contributed by atoms with Gasteiger partial charge in [0.05, 0.1) is 17.5 Å². The summed E-state index contributed by atoms with van der Waals surface area (Å²) in [6.45, 7) is 3.45. The van der Waals surface area contributed by atoms with E-state index in [-0.39, 0.29) is 22.4 Å². The Labute approximate surface area is 140 Å². The Morgan fingerprint density at radius 3 is 2.58 bits per heavy atom. The molecule has 0 amide bonds. The Balaban J connectivity index is 2.32. The summed E-state index contributed by atoms with van der Waals surface area (Å²) in [6.07, 6.45) is -0.439. The smallest absolute Gasteiger partial charge is 0.307 e. The van der Waals surface area contributed by atoms with E-state index in [0.717, 1.165) is 10.9 Å². The first-order chi connectivity index (χ1) is 11.3. The number of aliphatic carboxylic acids is 1. The molecule has 24 heavy (non-hydrogen) atoms. The van der Waals surface area contributed by atoms with Crippen LogP contribution in [0.2, 0.25) is 0 Å². The van der Waals surface area contributed by atoms with Gasteiger partial charge in [-0.25, -0.2) is 4.39 Å². The van der Waals surface area contributed by atoms with Crippen LogP contribution in [0.25, 0.3) is 10.9 Å². The SMILES string of the molecule is Cc1cc(C(=O)n2c(C)c(CC(=O)O)c3c(F)c(O)ccc32)cs1. The molecule has 2 heterocycles. The van der Waals surface area contributed by atoms with Gasteiger partial charge in [0, 0.05) is 21.3 Å². The van der Waals surface area contributed by atoms with Crippen LogP contribution in [0.5, 0.6) is 5.75 Å². The lowest BCUT2D eigenvalue weighted by Crippen LogP contribution is -2.13. The predicted molar refractivity (Wildman–Crippen MR) is 88.4 cm³/mol. The van der Waals surface area contributed by atoms with Gasteiger partial charge < -0.3 is 10.2 Å². The van der Waals surface area contributed by atoms with E-state index in [4.69, 9.17) is 5.11 Å². The van der Waals surface area contributed by atoms with Crippen molar-refractivity contribution in [3.63, 3.8) is 0 Å². The zero-order chi connectivity index (χ0) is 17.6. The lowest BCUT2D eigenvalue weighted by molar-refractivity contribution is -0.136. The van der Waals surface area contributed by atoms with Crippen LogP contribution in [-0.2, 0) is 11.2 Å². The second kappa shape index (κ2) is 5.76. The van der Waals surface area contributed by atoms with Crippen LogP contribution in [0.1, 0.15) is 26.5 Å². The third-order valence-corrected chi connectivity index (χ3v) is 4.78. The van der Waals surface area contributed by atoms with Crippen LogP contribution in [-0.4, -0.2) is 26.7 Å². The van der Waals surface area contributed by atoms with Crippen molar-refractivity contribution in [2.45, 2.75) is 20.3 Å². The minimum absolute atomic E-state index is 0.0322. The number of aryl methyl sites for hydroxylation is 1. The number of benzene rings is 1. The van der Waals surface area contributed by atoms with Gasteiger partial charge >= 0.3 is 5.97 Å². The molecule has 0 aliphatic rings. The molecule has 3 rings (SSSR count). The number of thiophene rings is 1. The molecule has 0 unspecified atom stereocenters. The van der Waals surface area contributed by atoms with Crippen molar-refractivity contribution in [1.82, 2.24) is 4.57 Å². The van der Waals surface area contributed by atoms with Gasteiger partial charge in [-0.2, -0.15) is 0 Å². The number of phenols is 1. The third-order valence-electron chi connectivity index (χ3n) is 3.92. The van der Waals surface area contributed by atoms with E-state index in [1.165, 1.54) is 22.0 Å². The number of fused-ring (bicyclic) bond motifs is 1. The predicted octanol–water partition coefficient (Wildman–Crippen LogP) is 3.48. The molecular weight excluding hydrogens is 333 g/mol. The van der Waals surface area contributed by atoms with Crippen molar-refractivity contribution in [3.8, 4) is 5.75 Å². The molecule has 124 valence electrons. The van der Waals surface area contributed by atoms with E-state index in [2.05, 4.69) is 0 Å². The van der Waals surface area contributed by atoms with E-state index >= 15 is 0 Å². The van der Waals surface area contributed by atoms with Crippen molar-refractivity contribution in [1.29, 1.82) is 0 Å². The average Bonchev–Trinajstić information content (AvgIpc) is 3.05. The van der Waals surface area contributed by atoms with Crippen molar-refractivity contribution in [2.75, 3.05) is 0 Å². The standard InChI is InChI=1S/C17H14FNO4S/c1-8-5-10(7-24-8)17(23)19-9(2)11(6-14(21)22)15-12(19)3-4-13(20)16(15)18/h3-5,7,20H,6H2,1-2H3,(H,21,22). The van der Waals surface area contributed by atoms with E-state index in [1.54, 1.807) is 18.4 Å². The summed E-state index contributed by atoms with van der Waals surface area (Å²) in [5.41, 5.74) is 1.23. The fourth-order valence-electron chi connectivity index (χ4n) is 2.84. The number of rotatable bonds is 3. The topological polar surface area (TPSA) is 79.5 Å². The molecule has 0 spiro atoms. The quantitative estimate of drug-likeness (QED) is 0.760. The zero-order valence-electron chi connectivity index (χ0n) is 13.0. The summed E-state index contributed by atoms with van der Waals surface area (Å²) in [5, 5.41) is 20.4. The number of hydrogen-bond acceptors (Lipinski definition) is 4. The number of carbonyl (C=O) groups is 2. The number of nitrogens with zero attached hydrogens (tertiary/aromatic N) is 1. The molecule has 0 aliphatic carbocycles. The van der Waals surface area contributed by atoms with Crippen LogP contribution in [0.3, 0.4) is 0 Å². The normalized spacial score (nSPS) is 11.1. The van der Waals surface area contributed by atoms with Crippen LogP contribution >= 0.6 is 11.3 Å². The summed E-state index contributed by atoms with van der Waals surface area (Å²) in [6, 6.07) is 4.30. The van der Waals surface area contributed by atoms with E-state index in [1.807, 2.05) is 6.92 Å². The van der Waals surface area contributed by atoms with Gasteiger partial charge in [-0.3, -0.25) is 14.2 Å². The molecule has 2 N–H and O–H groups in total. The van der Waals surface area contributed by atoms with Gasteiger partial charge in [0.1, 0.15) is 0 Å². The number of phenolic OH excluding ortho intramolecular Hbond substituents is 1. The number of halogens is 1. The minimum Gasteiger partial charge on any atom is -0.505 e. The van der Waals surface area contributed by atoms with Gasteiger partial charge in [0.25, 0.3) is 5.91 Å². The number of carboxylic acid groups (broad SMARTS) is 1. The molecule has 3 aromatic rings. The molecule has 0 radical (unpaired) electrons. The maximum Gasteiger partial charge on any atom is 0.307 e. The van der Waals surface area contributed by atoms with E-state index < -0.39 is 24.0 Å². The summed E-state index contributed by atoms with van der Waals surface area (Å²) >= 11 is 1.42. The Bertz CT molecular complexity index is 986. The van der Waals surface area contributed by atoms with Crippen LogP contribution in [0, 0.1) is 19.7 Å². The maximum absolute atomic E-state index is 14.4. The number of carboxylic acids is 1. The monoisotopic (exact) mass is 347 g/mol. The van der Waals surface area contributed by atoms with Crippen molar-refractivity contribution >= 4 is 34.1 Å². The summed E-state index contributed by atoms with van der Waals surface area (Å²) < 4.78 is 15.7. The Hall–Kier alpha value is -2.67. The molecule has 2 aromatic heterocycles. The molecule has 0 saturated carbocycles. The lowest BCUT2D eigenvalue weighted by atomic mass is 10.1. The third kappa shape index (κ3) is 2.46. The Morgan fingerprint density at radius 2 is 2.00 bits per heavy atom. The van der Waals surface area contributed by atoms with Crippen LogP contribution < -0.4 is 0 Å². The zero-order valence-corrected chi connectivity index (χ0v) is 13.8. The highest BCUT2D eigenvalue weighted by Gasteiger charge is 2.25. The van der Waals surface area contributed by atoms with E-state index in [0.29, 0.717) is 11.3 Å². The number of aromatic hydroxyl groups is 1. The van der Waals surface area contributed by atoms with Crippen molar-refractivity contribution in [3.05, 3.63) is 51.1 Å². The fraction of sp³-hybridized carbons (Fsp3) is 0.176. The highest BCUT2D eigenvalue weighted by molar-refractivity contribution is 7.10. The average molecular weight is 347 g/mol. The van der Waals surface area contributed by atoms with Crippen LogP contribution in [0.4, 0.5) is 4.39 Å². The molecule has 7 heteroatoms. The van der Waals surface area contributed by atoms with Gasteiger partial charge in [-0.05, 0) is 37.6 Å². The summed E-state index contributed by atoms with van der Waals surface area (Å²) in [4.78, 5) is 24.9. The van der Waals surface area contributed by atoms with Gasteiger partial charge in [-0.1, -0.05) is 0 Å². The lowest BCUT2D eigenvalue weighted by Gasteiger charge is -2.06. The van der Waals surface area contributed by atoms with E-state index in [9.17, 15) is 19.1 Å². The first-order valence-corrected chi connectivity index (χ1v) is 8.02. The van der Waals surface area contributed by atoms with Crippen molar-refractivity contribution < 1.29 is 24.2 Å². The second-order valence-electron chi connectivity index (χ2n) is 5.51. The molecule has 0 saturated heterocycles. The van der Waals surface area contributed by atoms with Gasteiger partial charge in [-0.15, -0.1) is 11.3 Å². The fourth-order valence-corrected chi connectivity index (χ4v) is 3.52. The van der Waals surface area contributed by atoms with Gasteiger partial charge in [0.15, 0.2) is 11.6 Å². The number of hydrogen-bond donors (Lipinski definition) is 2. The largest absolute Gasteiger partial charge is 0.505 e. The molecule has 0 atom stereocenters. The summed E-state index contributed by atoms with van der Waals surface area (Å²) in [5.74, 6) is -2.99. The number of aromatic nitrogens is 1. The molecule has 0 bridgehead atoms. The molecule has 0 fully saturated rings. The van der Waals surface area contributed by atoms with Crippen LogP contribution in [0.15, 0.2) is 23.6 Å². The van der Waals surface area contributed by atoms with Crippen molar-refractivity contribution in [2.24, 2.45) is 0 Å². The highest BCUT2D eigenvalue weighted by atomic mass is 32.1. The molecule has 1 aromatic carbocycles. The maximum atomic E-state index is 14.4. The first kappa shape index (κ1) is 16.2. The Morgan fingerprint density at radius 1 is 1.29 bits per heavy atom. The highest BCUT2D eigenvalue weighted by Crippen LogP contribution is 2.33. The first-order valence-electron chi connectivity index (χ1n) is 7.14. The summed E-state index contributed by atoms with van der Waals surface area (Å²) in [7, 11) is 0.